The number of unbranched alkanes of at least 4 members (excludes halogenated alkanes) is 5. The maximum atomic E-state index is 12.1. The first-order valence-corrected chi connectivity index (χ1v) is 7.46. The highest BCUT2D eigenvalue weighted by molar-refractivity contribution is 5.30. The maximum Gasteiger partial charge on any atom is 0.573 e. The van der Waals surface area contributed by atoms with E-state index in [1.165, 1.54) is 37.5 Å². The quantitative estimate of drug-likeness (QED) is 0.621. The number of hydrogen-bond donors (Lipinski definition) is 1. The van der Waals surface area contributed by atoms with E-state index in [1.54, 1.807) is 6.07 Å². The van der Waals surface area contributed by atoms with E-state index >= 15 is 0 Å². The SMILES string of the molecule is CCCCCCCCC(O)c1cccc(OC(F)(F)F)c1. The number of aliphatic hydroxyl groups is 1. The molecule has 1 unspecified atom stereocenters. The highest BCUT2D eigenvalue weighted by Crippen LogP contribution is 2.27. The Morgan fingerprint density at radius 2 is 1.76 bits per heavy atom. The third-order valence-corrected chi connectivity index (χ3v) is 3.31. The van der Waals surface area contributed by atoms with Crippen LogP contribution in [0.3, 0.4) is 0 Å². The van der Waals surface area contributed by atoms with Crippen LogP contribution in [0.2, 0.25) is 0 Å². The van der Waals surface area contributed by atoms with Crippen molar-refractivity contribution in [3.8, 4) is 5.75 Å². The molecule has 0 aliphatic carbocycles. The van der Waals surface area contributed by atoms with Crippen LogP contribution in [0.5, 0.6) is 5.75 Å². The normalized spacial score (nSPS) is 13.2. The van der Waals surface area contributed by atoms with Gasteiger partial charge in [0.1, 0.15) is 5.75 Å². The summed E-state index contributed by atoms with van der Waals surface area (Å²) in [6.45, 7) is 2.15. The van der Waals surface area contributed by atoms with E-state index in [2.05, 4.69) is 11.7 Å². The van der Waals surface area contributed by atoms with E-state index < -0.39 is 12.5 Å². The largest absolute Gasteiger partial charge is 0.573 e. The first-order valence-electron chi connectivity index (χ1n) is 7.46. The predicted octanol–water partition coefficient (Wildman–Crippen LogP) is 5.37. The van der Waals surface area contributed by atoms with Gasteiger partial charge in [-0.25, -0.2) is 0 Å². The molecule has 0 saturated carbocycles. The molecule has 2 nitrogen and oxygen atoms in total. The molecular formula is C16H23F3O2. The van der Waals surface area contributed by atoms with E-state index in [4.69, 9.17) is 0 Å². The molecule has 1 atom stereocenters. The second-order valence-electron chi connectivity index (χ2n) is 5.19. The predicted molar refractivity (Wildman–Crippen MR) is 76.1 cm³/mol. The van der Waals surface area contributed by atoms with Crippen molar-refractivity contribution in [2.45, 2.75) is 64.3 Å². The molecule has 0 aromatic heterocycles. The number of rotatable bonds is 9. The zero-order chi connectivity index (χ0) is 15.7. The van der Waals surface area contributed by atoms with Crippen molar-refractivity contribution in [1.29, 1.82) is 0 Å². The fourth-order valence-electron chi connectivity index (χ4n) is 2.20. The van der Waals surface area contributed by atoms with Crippen LogP contribution in [-0.4, -0.2) is 11.5 Å². The first kappa shape index (κ1) is 17.8. The molecule has 0 saturated heterocycles. The lowest BCUT2D eigenvalue weighted by Gasteiger charge is -2.13. The summed E-state index contributed by atoms with van der Waals surface area (Å²) in [4.78, 5) is 0. The zero-order valence-electron chi connectivity index (χ0n) is 12.3. The average molecular weight is 304 g/mol. The van der Waals surface area contributed by atoms with Gasteiger partial charge in [0.25, 0.3) is 0 Å². The summed E-state index contributed by atoms with van der Waals surface area (Å²) >= 11 is 0. The van der Waals surface area contributed by atoms with Crippen LogP contribution in [0.4, 0.5) is 13.2 Å². The highest BCUT2D eigenvalue weighted by Gasteiger charge is 2.31. The van der Waals surface area contributed by atoms with Crippen LogP contribution in [0, 0.1) is 0 Å². The van der Waals surface area contributed by atoms with Crippen LogP contribution in [0.1, 0.15) is 63.5 Å². The summed E-state index contributed by atoms with van der Waals surface area (Å²) in [7, 11) is 0. The highest BCUT2D eigenvalue weighted by atomic mass is 19.4. The number of benzene rings is 1. The van der Waals surface area contributed by atoms with Crippen LogP contribution in [0.15, 0.2) is 24.3 Å². The van der Waals surface area contributed by atoms with Gasteiger partial charge in [0.15, 0.2) is 0 Å². The molecule has 0 heterocycles. The van der Waals surface area contributed by atoms with Crippen LogP contribution >= 0.6 is 0 Å². The van der Waals surface area contributed by atoms with Gasteiger partial charge < -0.3 is 9.84 Å². The Hall–Kier alpha value is -1.23. The Kier molecular flexibility index (Phi) is 7.57. The van der Waals surface area contributed by atoms with Crippen molar-refractivity contribution in [2.24, 2.45) is 0 Å². The van der Waals surface area contributed by atoms with E-state index in [9.17, 15) is 18.3 Å². The standard InChI is InChI=1S/C16H23F3O2/c1-2-3-4-5-6-7-11-15(20)13-9-8-10-14(12-13)21-16(17,18)19/h8-10,12,15,20H,2-7,11H2,1H3. The van der Waals surface area contributed by atoms with Gasteiger partial charge >= 0.3 is 6.36 Å². The van der Waals surface area contributed by atoms with Gasteiger partial charge in [-0.2, -0.15) is 0 Å². The summed E-state index contributed by atoms with van der Waals surface area (Å²) in [5.74, 6) is -0.290. The third-order valence-electron chi connectivity index (χ3n) is 3.31. The minimum absolute atomic E-state index is 0.290. The molecule has 1 aromatic rings. The summed E-state index contributed by atoms with van der Waals surface area (Å²) in [5, 5.41) is 10.0. The topological polar surface area (TPSA) is 29.5 Å². The minimum atomic E-state index is -4.71. The van der Waals surface area contributed by atoms with Crippen LogP contribution < -0.4 is 4.74 Å². The molecule has 0 bridgehead atoms. The molecule has 1 aromatic carbocycles. The zero-order valence-corrected chi connectivity index (χ0v) is 12.3. The molecule has 0 fully saturated rings. The number of aliphatic hydroxyl groups excluding tert-OH is 1. The first-order chi connectivity index (χ1) is 9.92. The maximum absolute atomic E-state index is 12.1. The Balaban J connectivity index is 2.40. The van der Waals surface area contributed by atoms with Crippen molar-refractivity contribution in [1.82, 2.24) is 0 Å². The van der Waals surface area contributed by atoms with Gasteiger partial charge in [-0.05, 0) is 24.1 Å². The smallest absolute Gasteiger partial charge is 0.406 e. The Morgan fingerprint density at radius 1 is 1.10 bits per heavy atom. The second kappa shape index (κ2) is 8.93. The monoisotopic (exact) mass is 304 g/mol. The van der Waals surface area contributed by atoms with Gasteiger partial charge in [-0.15, -0.1) is 13.2 Å². The fourth-order valence-corrected chi connectivity index (χ4v) is 2.20. The van der Waals surface area contributed by atoms with E-state index in [0.717, 1.165) is 19.3 Å². The number of ether oxygens (including phenoxy) is 1. The molecule has 0 amide bonds. The Labute approximate surface area is 123 Å². The van der Waals surface area contributed by atoms with Crippen molar-refractivity contribution in [2.75, 3.05) is 0 Å². The van der Waals surface area contributed by atoms with E-state index in [1.807, 2.05) is 0 Å². The Bertz CT molecular complexity index is 405. The van der Waals surface area contributed by atoms with Crippen molar-refractivity contribution < 1.29 is 23.0 Å². The Morgan fingerprint density at radius 3 is 2.43 bits per heavy atom. The van der Waals surface area contributed by atoms with E-state index in [-0.39, 0.29) is 5.75 Å². The molecule has 0 spiro atoms. The molecule has 1 N–H and O–H groups in total. The third kappa shape index (κ3) is 7.95. The van der Waals surface area contributed by atoms with Crippen molar-refractivity contribution >= 4 is 0 Å². The van der Waals surface area contributed by atoms with Crippen molar-refractivity contribution in [3.05, 3.63) is 29.8 Å². The van der Waals surface area contributed by atoms with Gasteiger partial charge in [0.05, 0.1) is 6.10 Å². The molecule has 0 radical (unpaired) electrons. The summed E-state index contributed by atoms with van der Waals surface area (Å²) in [6, 6.07) is 5.55. The molecule has 21 heavy (non-hydrogen) atoms. The van der Waals surface area contributed by atoms with Crippen molar-refractivity contribution in [3.63, 3.8) is 0 Å². The molecule has 120 valence electrons. The number of halogens is 3. The molecular weight excluding hydrogens is 281 g/mol. The summed E-state index contributed by atoms with van der Waals surface area (Å²) in [5.41, 5.74) is 0.463. The number of hydrogen-bond acceptors (Lipinski definition) is 2. The molecule has 1 rings (SSSR count). The van der Waals surface area contributed by atoms with Gasteiger partial charge in [-0.3, -0.25) is 0 Å². The second-order valence-corrected chi connectivity index (χ2v) is 5.19. The van der Waals surface area contributed by atoms with E-state index in [0.29, 0.717) is 12.0 Å². The summed E-state index contributed by atoms with van der Waals surface area (Å²) in [6.07, 6.45) is 1.76. The lowest BCUT2D eigenvalue weighted by atomic mass is 10.0. The molecule has 0 aliphatic heterocycles. The lowest BCUT2D eigenvalue weighted by Crippen LogP contribution is -2.17. The van der Waals surface area contributed by atoms with Gasteiger partial charge in [0.2, 0.25) is 0 Å². The number of alkyl halides is 3. The molecule has 5 heteroatoms. The minimum Gasteiger partial charge on any atom is -0.406 e. The van der Waals surface area contributed by atoms with Gasteiger partial charge in [-0.1, -0.05) is 57.6 Å². The van der Waals surface area contributed by atoms with Crippen LogP contribution in [0.25, 0.3) is 0 Å². The summed E-state index contributed by atoms with van der Waals surface area (Å²) < 4.78 is 40.3. The van der Waals surface area contributed by atoms with Crippen LogP contribution in [-0.2, 0) is 0 Å². The van der Waals surface area contributed by atoms with Gasteiger partial charge in [0, 0.05) is 0 Å². The fraction of sp³-hybridized carbons (Fsp3) is 0.625. The average Bonchev–Trinajstić information content (AvgIpc) is 2.41. The lowest BCUT2D eigenvalue weighted by molar-refractivity contribution is -0.274. The molecule has 0 aliphatic rings.